The van der Waals surface area contributed by atoms with E-state index in [1.807, 2.05) is 0 Å². The third-order valence-corrected chi connectivity index (χ3v) is 11.1. The van der Waals surface area contributed by atoms with Crippen LogP contribution in [-0.2, 0) is 19.1 Å². The summed E-state index contributed by atoms with van der Waals surface area (Å²) >= 11 is 0. The standard InChI is InChI=1S/C38H60O4/c1-41-35(39)32(30-31-24-18-12-6-3-7-13-19-25-31)37(26-20-14-8-4-9-15-21-27-37)34-33(36(40)42-2)38(34)28-22-16-10-5-11-17-23-29-38/h3-29H2,1-2H3. The summed E-state index contributed by atoms with van der Waals surface area (Å²) in [5, 5.41) is 0. The van der Waals surface area contributed by atoms with Crippen LogP contribution in [0.15, 0.2) is 28.0 Å². The summed E-state index contributed by atoms with van der Waals surface area (Å²) in [6.07, 6.45) is 31.6. The molecule has 0 amide bonds. The molecular formula is C38H60O4. The number of carbonyl (C=O) groups is 2. The van der Waals surface area contributed by atoms with Crippen LogP contribution in [-0.4, -0.2) is 26.2 Å². The van der Waals surface area contributed by atoms with Gasteiger partial charge in [-0.1, -0.05) is 122 Å². The Labute approximate surface area is 257 Å². The van der Waals surface area contributed by atoms with Crippen molar-refractivity contribution in [3.8, 4) is 0 Å². The molecule has 4 aliphatic rings. The van der Waals surface area contributed by atoms with E-state index in [0.29, 0.717) is 0 Å². The first-order chi connectivity index (χ1) is 20.6. The summed E-state index contributed by atoms with van der Waals surface area (Å²) in [6.45, 7) is 0. The van der Waals surface area contributed by atoms with Crippen molar-refractivity contribution in [2.24, 2.45) is 10.8 Å². The minimum Gasteiger partial charge on any atom is -0.466 e. The van der Waals surface area contributed by atoms with Gasteiger partial charge in [0.15, 0.2) is 0 Å². The Balaban J connectivity index is 1.89. The minimum absolute atomic E-state index is 0.158. The molecule has 4 rings (SSSR count). The van der Waals surface area contributed by atoms with Crippen LogP contribution in [0.5, 0.6) is 0 Å². The molecule has 0 aromatic heterocycles. The second-order valence-corrected chi connectivity index (χ2v) is 13.9. The monoisotopic (exact) mass is 580 g/mol. The van der Waals surface area contributed by atoms with Crippen molar-refractivity contribution in [2.45, 2.75) is 173 Å². The van der Waals surface area contributed by atoms with Gasteiger partial charge in [-0.15, -0.1) is 5.73 Å². The first-order valence-electron chi connectivity index (χ1n) is 18.0. The topological polar surface area (TPSA) is 52.6 Å². The van der Waals surface area contributed by atoms with Crippen LogP contribution < -0.4 is 0 Å². The molecule has 0 N–H and O–H groups in total. The van der Waals surface area contributed by atoms with E-state index in [9.17, 15) is 9.59 Å². The van der Waals surface area contributed by atoms with Crippen LogP contribution in [0.3, 0.4) is 0 Å². The van der Waals surface area contributed by atoms with Crippen molar-refractivity contribution in [1.82, 2.24) is 0 Å². The van der Waals surface area contributed by atoms with E-state index in [2.05, 4.69) is 5.73 Å². The van der Waals surface area contributed by atoms with Gasteiger partial charge in [0.25, 0.3) is 0 Å². The highest BCUT2D eigenvalue weighted by Crippen LogP contribution is 2.70. The highest BCUT2D eigenvalue weighted by atomic mass is 16.5. The third-order valence-electron chi connectivity index (χ3n) is 11.1. The molecule has 236 valence electrons. The molecular weight excluding hydrogens is 520 g/mol. The zero-order valence-corrected chi connectivity index (χ0v) is 27.2. The Kier molecular flexibility index (Phi) is 13.3. The molecule has 4 aliphatic carbocycles. The maximum absolute atomic E-state index is 14.0. The maximum Gasteiger partial charge on any atom is 0.342 e. The van der Waals surface area contributed by atoms with Crippen LogP contribution in [0.25, 0.3) is 0 Å². The molecule has 0 aromatic rings. The molecule has 0 aromatic carbocycles. The van der Waals surface area contributed by atoms with Crippen molar-refractivity contribution >= 4 is 11.9 Å². The molecule has 42 heavy (non-hydrogen) atoms. The Bertz CT molecular complexity index is 963. The summed E-state index contributed by atoms with van der Waals surface area (Å²) in [7, 11) is 3.08. The van der Waals surface area contributed by atoms with Gasteiger partial charge in [-0.3, -0.25) is 0 Å². The number of esters is 2. The van der Waals surface area contributed by atoms with Crippen LogP contribution in [0.2, 0.25) is 0 Å². The Hall–Kier alpha value is -1.80. The molecule has 0 heterocycles. The largest absolute Gasteiger partial charge is 0.466 e. The summed E-state index contributed by atoms with van der Waals surface area (Å²) in [5.74, 6) is -0.385. The molecule has 3 fully saturated rings. The van der Waals surface area contributed by atoms with E-state index in [-0.39, 0.29) is 17.4 Å². The van der Waals surface area contributed by atoms with E-state index < -0.39 is 5.41 Å². The molecule has 1 spiro atoms. The van der Waals surface area contributed by atoms with Crippen LogP contribution in [0.1, 0.15) is 173 Å². The molecule has 0 atom stereocenters. The van der Waals surface area contributed by atoms with Gasteiger partial charge in [0.2, 0.25) is 0 Å². The fourth-order valence-electron chi connectivity index (χ4n) is 8.76. The highest BCUT2D eigenvalue weighted by Gasteiger charge is 2.64. The van der Waals surface area contributed by atoms with Crippen LogP contribution in [0.4, 0.5) is 0 Å². The molecule has 0 radical (unpaired) electrons. The van der Waals surface area contributed by atoms with Gasteiger partial charge in [-0.25, -0.2) is 9.59 Å². The first-order valence-corrected chi connectivity index (χ1v) is 18.0. The molecule has 3 saturated carbocycles. The van der Waals surface area contributed by atoms with E-state index in [1.165, 1.54) is 135 Å². The number of hydrogen-bond acceptors (Lipinski definition) is 4. The quantitative estimate of drug-likeness (QED) is 0.188. The first kappa shape index (κ1) is 33.1. The predicted octanol–water partition coefficient (Wildman–Crippen LogP) is 10.6. The number of methoxy groups -OCH3 is 2. The number of carbonyl (C=O) groups excluding carboxylic acids is 2. The van der Waals surface area contributed by atoms with Crippen molar-refractivity contribution in [3.63, 3.8) is 0 Å². The third kappa shape index (κ3) is 8.22. The molecule has 4 nitrogen and oxygen atoms in total. The summed E-state index contributed by atoms with van der Waals surface area (Å²) in [6, 6.07) is 0. The van der Waals surface area contributed by atoms with E-state index in [1.54, 1.807) is 0 Å². The molecule has 4 heteroatoms. The van der Waals surface area contributed by atoms with Crippen molar-refractivity contribution in [1.29, 1.82) is 0 Å². The van der Waals surface area contributed by atoms with E-state index in [4.69, 9.17) is 9.47 Å². The molecule has 0 bridgehead atoms. The Morgan fingerprint density at radius 2 is 0.952 bits per heavy atom. The van der Waals surface area contributed by atoms with Crippen molar-refractivity contribution in [3.05, 3.63) is 28.0 Å². The number of allylic oxidation sites excluding steroid dienone is 1. The summed E-state index contributed by atoms with van der Waals surface area (Å²) in [4.78, 5) is 27.7. The lowest BCUT2D eigenvalue weighted by Crippen LogP contribution is -2.32. The van der Waals surface area contributed by atoms with Gasteiger partial charge in [0, 0.05) is 16.4 Å². The lowest BCUT2D eigenvalue weighted by atomic mass is 9.65. The minimum atomic E-state index is -0.486. The fraction of sp³-hybridized carbons (Fsp3) is 0.816. The molecule has 0 saturated heterocycles. The SMILES string of the molecule is COC(=O)C(=C=C1CCCCCCCCC1)C1(C2=C(C(=O)OC)C23CCCCCCCCC3)CCCCCCCCC1. The fourth-order valence-corrected chi connectivity index (χ4v) is 8.76. The summed E-state index contributed by atoms with van der Waals surface area (Å²) < 4.78 is 11.1. The predicted molar refractivity (Wildman–Crippen MR) is 171 cm³/mol. The highest BCUT2D eigenvalue weighted by molar-refractivity contribution is 6.01. The second-order valence-electron chi connectivity index (χ2n) is 13.9. The number of rotatable bonds is 4. The lowest BCUT2D eigenvalue weighted by Gasteiger charge is -2.37. The van der Waals surface area contributed by atoms with Gasteiger partial charge < -0.3 is 9.47 Å². The Morgan fingerprint density at radius 3 is 1.38 bits per heavy atom. The average Bonchev–Trinajstić information content (AvgIpc) is 3.68. The zero-order chi connectivity index (χ0) is 29.7. The van der Waals surface area contributed by atoms with Crippen LogP contribution >= 0.6 is 0 Å². The zero-order valence-electron chi connectivity index (χ0n) is 27.2. The van der Waals surface area contributed by atoms with Crippen molar-refractivity contribution < 1.29 is 19.1 Å². The van der Waals surface area contributed by atoms with Gasteiger partial charge >= 0.3 is 11.9 Å². The van der Waals surface area contributed by atoms with Gasteiger partial charge in [-0.05, 0) is 62.5 Å². The van der Waals surface area contributed by atoms with Crippen molar-refractivity contribution in [2.75, 3.05) is 14.2 Å². The van der Waals surface area contributed by atoms with Gasteiger partial charge in [-0.2, -0.15) is 0 Å². The average molecular weight is 581 g/mol. The van der Waals surface area contributed by atoms with E-state index in [0.717, 1.165) is 75.4 Å². The second kappa shape index (κ2) is 16.9. The maximum atomic E-state index is 14.0. The van der Waals surface area contributed by atoms with Gasteiger partial charge in [0.05, 0.1) is 19.8 Å². The Morgan fingerprint density at radius 1 is 0.548 bits per heavy atom. The molecule has 0 aliphatic heterocycles. The smallest absolute Gasteiger partial charge is 0.342 e. The lowest BCUT2D eigenvalue weighted by molar-refractivity contribution is -0.138. The number of hydrogen-bond donors (Lipinski definition) is 0. The van der Waals surface area contributed by atoms with Crippen LogP contribution in [0, 0.1) is 10.8 Å². The van der Waals surface area contributed by atoms with Gasteiger partial charge in [0.1, 0.15) is 0 Å². The summed E-state index contributed by atoms with van der Waals surface area (Å²) in [5.41, 5.74) is 7.37. The normalized spacial score (nSPS) is 24.6. The van der Waals surface area contributed by atoms with E-state index >= 15 is 0 Å². The number of ether oxygens (including phenoxy) is 2. The molecule has 0 unspecified atom stereocenters.